The van der Waals surface area contributed by atoms with Gasteiger partial charge in [0.25, 0.3) is 0 Å². The molecule has 0 saturated carbocycles. The first-order valence-electron chi connectivity index (χ1n) is 4.91. The molecule has 1 rings (SSSR count). The molecule has 0 fully saturated rings. The summed E-state index contributed by atoms with van der Waals surface area (Å²) in [7, 11) is 1.49. The van der Waals surface area contributed by atoms with Gasteiger partial charge in [0.1, 0.15) is 0 Å². The summed E-state index contributed by atoms with van der Waals surface area (Å²) in [5, 5.41) is 1.09. The number of rotatable bonds is 3. The van der Waals surface area contributed by atoms with Gasteiger partial charge in [-0.1, -0.05) is 11.6 Å². The summed E-state index contributed by atoms with van der Waals surface area (Å²) in [5.74, 6) is -0.238. The van der Waals surface area contributed by atoms with Crippen LogP contribution in [0.2, 0.25) is 5.02 Å². The maximum absolute atomic E-state index is 12.4. The Hall–Kier alpha value is -1.34. The molecule has 18 heavy (non-hydrogen) atoms. The zero-order valence-corrected chi connectivity index (χ0v) is 10.4. The second-order valence-electron chi connectivity index (χ2n) is 3.56. The molecule has 8 heteroatoms. The molecule has 0 radical (unpaired) electrons. The van der Waals surface area contributed by atoms with Crippen LogP contribution in [0.5, 0.6) is 0 Å². The highest BCUT2D eigenvalue weighted by Crippen LogP contribution is 2.30. The predicted octanol–water partition coefficient (Wildman–Crippen LogP) is 2.24. The van der Waals surface area contributed by atoms with Crippen molar-refractivity contribution in [3.63, 3.8) is 0 Å². The number of halogens is 4. The molecule has 0 unspecified atom stereocenters. The molecule has 1 heterocycles. The topological polar surface area (TPSA) is 45.2 Å². The fraction of sp³-hybridized carbons (Fsp3) is 0.400. The number of aromatic nitrogens is 1. The number of alkyl halides is 3. The smallest absolute Gasteiger partial charge is 0.281 e. The highest BCUT2D eigenvalue weighted by molar-refractivity contribution is 6.31. The summed E-state index contributed by atoms with van der Waals surface area (Å²) in [4.78, 5) is 14.5. The Balaban J connectivity index is 2.78. The lowest BCUT2D eigenvalue weighted by Crippen LogP contribution is -2.37. The molecule has 1 aromatic rings. The van der Waals surface area contributed by atoms with Crippen LogP contribution in [0.3, 0.4) is 0 Å². The van der Waals surface area contributed by atoms with E-state index in [0.29, 0.717) is 6.20 Å². The lowest BCUT2D eigenvalue weighted by molar-refractivity contribution is -0.137. The summed E-state index contributed by atoms with van der Waals surface area (Å²) in [6.45, 7) is 1.40. The Morgan fingerprint density at radius 3 is 2.61 bits per heavy atom. The Kier molecular flexibility index (Phi) is 4.53. The number of amides is 1. The van der Waals surface area contributed by atoms with Crippen LogP contribution in [0.25, 0.3) is 0 Å². The summed E-state index contributed by atoms with van der Waals surface area (Å²) in [5.41, 5.74) is 1.98. The molecule has 1 amide bonds. The normalized spacial score (nSPS) is 11.4. The maximum atomic E-state index is 12.4. The standard InChI is InChI=1S/C10H11ClF3N3O/c1-6(18)17(2)16-5-9-8(11)3-7(4-15-9)10(12,13)14/h3-4,16H,5H2,1-2H3. The third-order valence-electron chi connectivity index (χ3n) is 2.20. The number of pyridine rings is 1. The van der Waals surface area contributed by atoms with Crippen molar-refractivity contribution in [1.82, 2.24) is 15.4 Å². The third-order valence-corrected chi connectivity index (χ3v) is 2.53. The van der Waals surface area contributed by atoms with E-state index < -0.39 is 11.7 Å². The minimum absolute atomic E-state index is 0.0626. The highest BCUT2D eigenvalue weighted by atomic mass is 35.5. The van der Waals surface area contributed by atoms with Crippen molar-refractivity contribution in [3.8, 4) is 0 Å². The molecule has 0 bridgehead atoms. The van der Waals surface area contributed by atoms with Gasteiger partial charge < -0.3 is 0 Å². The number of carbonyl (C=O) groups excluding carboxylic acids is 1. The van der Waals surface area contributed by atoms with Gasteiger partial charge in [0.05, 0.1) is 22.8 Å². The monoisotopic (exact) mass is 281 g/mol. The van der Waals surface area contributed by atoms with Gasteiger partial charge in [0.2, 0.25) is 5.91 Å². The van der Waals surface area contributed by atoms with Gasteiger partial charge in [-0.3, -0.25) is 14.8 Å². The summed E-state index contributed by atoms with van der Waals surface area (Å²) < 4.78 is 37.1. The van der Waals surface area contributed by atoms with E-state index in [-0.39, 0.29) is 23.2 Å². The first-order chi connectivity index (χ1) is 8.21. The van der Waals surface area contributed by atoms with Crippen LogP contribution in [0, 0.1) is 0 Å². The van der Waals surface area contributed by atoms with Crippen LogP contribution >= 0.6 is 11.6 Å². The van der Waals surface area contributed by atoms with E-state index in [1.807, 2.05) is 0 Å². The Labute approximate surface area is 107 Å². The van der Waals surface area contributed by atoms with Crippen molar-refractivity contribution in [2.45, 2.75) is 19.6 Å². The van der Waals surface area contributed by atoms with Crippen molar-refractivity contribution >= 4 is 17.5 Å². The Morgan fingerprint density at radius 1 is 1.56 bits per heavy atom. The molecule has 100 valence electrons. The second kappa shape index (κ2) is 5.53. The molecule has 4 nitrogen and oxygen atoms in total. The summed E-state index contributed by atoms with van der Waals surface area (Å²) in [6, 6.07) is 0.805. The SMILES string of the molecule is CC(=O)N(C)NCc1ncc(C(F)(F)F)cc1Cl. The van der Waals surface area contributed by atoms with Gasteiger partial charge in [0.15, 0.2) is 0 Å². The summed E-state index contributed by atoms with van der Waals surface area (Å²) in [6.07, 6.45) is -3.77. The van der Waals surface area contributed by atoms with Gasteiger partial charge in [-0.25, -0.2) is 5.43 Å². The number of nitrogens with zero attached hydrogens (tertiary/aromatic N) is 2. The van der Waals surface area contributed by atoms with Gasteiger partial charge in [-0.15, -0.1) is 0 Å². The van der Waals surface area contributed by atoms with Crippen LogP contribution in [-0.4, -0.2) is 22.9 Å². The van der Waals surface area contributed by atoms with Crippen molar-refractivity contribution in [2.75, 3.05) is 7.05 Å². The van der Waals surface area contributed by atoms with Crippen molar-refractivity contribution in [3.05, 3.63) is 28.5 Å². The molecule has 0 atom stereocenters. The fourth-order valence-electron chi connectivity index (χ4n) is 1.06. The molecule has 0 aliphatic heterocycles. The van der Waals surface area contributed by atoms with Crippen molar-refractivity contribution in [1.29, 1.82) is 0 Å². The predicted molar refractivity (Wildman–Crippen MR) is 59.5 cm³/mol. The van der Waals surface area contributed by atoms with E-state index in [4.69, 9.17) is 11.6 Å². The summed E-state index contributed by atoms with van der Waals surface area (Å²) >= 11 is 5.69. The number of carbonyl (C=O) groups is 1. The van der Waals surface area contributed by atoms with E-state index >= 15 is 0 Å². The van der Waals surface area contributed by atoms with E-state index in [0.717, 1.165) is 6.07 Å². The lowest BCUT2D eigenvalue weighted by atomic mass is 10.2. The second-order valence-corrected chi connectivity index (χ2v) is 3.97. The van der Waals surface area contributed by atoms with Gasteiger partial charge in [-0.05, 0) is 6.07 Å². The first kappa shape index (κ1) is 14.7. The van der Waals surface area contributed by atoms with Gasteiger partial charge in [-0.2, -0.15) is 13.2 Å². The van der Waals surface area contributed by atoms with E-state index in [1.54, 1.807) is 0 Å². The number of hydrogen-bond acceptors (Lipinski definition) is 3. The molecular formula is C10H11ClF3N3O. The molecular weight excluding hydrogens is 271 g/mol. The average Bonchev–Trinajstić information content (AvgIpc) is 2.25. The van der Waals surface area contributed by atoms with Gasteiger partial charge in [0, 0.05) is 20.2 Å². The van der Waals surface area contributed by atoms with Crippen LogP contribution in [-0.2, 0) is 17.5 Å². The number of nitrogens with one attached hydrogen (secondary N) is 1. The Morgan fingerprint density at radius 2 is 2.17 bits per heavy atom. The quantitative estimate of drug-likeness (QED) is 0.864. The van der Waals surface area contributed by atoms with E-state index in [9.17, 15) is 18.0 Å². The van der Waals surface area contributed by atoms with Crippen molar-refractivity contribution < 1.29 is 18.0 Å². The zero-order valence-electron chi connectivity index (χ0n) is 9.68. The first-order valence-corrected chi connectivity index (χ1v) is 5.29. The lowest BCUT2D eigenvalue weighted by Gasteiger charge is -2.16. The van der Waals surface area contributed by atoms with E-state index in [2.05, 4.69) is 10.4 Å². The van der Waals surface area contributed by atoms with Crippen molar-refractivity contribution in [2.24, 2.45) is 0 Å². The molecule has 1 N–H and O–H groups in total. The molecule has 0 aliphatic rings. The van der Waals surface area contributed by atoms with Crippen LogP contribution in [0.4, 0.5) is 13.2 Å². The molecule has 0 spiro atoms. The van der Waals surface area contributed by atoms with Gasteiger partial charge >= 0.3 is 6.18 Å². The van der Waals surface area contributed by atoms with E-state index in [1.165, 1.54) is 19.0 Å². The third kappa shape index (κ3) is 3.85. The maximum Gasteiger partial charge on any atom is 0.417 e. The zero-order chi connectivity index (χ0) is 13.9. The van der Waals surface area contributed by atoms with Crippen LogP contribution < -0.4 is 5.43 Å². The number of hydrazine groups is 1. The molecule has 1 aromatic heterocycles. The minimum Gasteiger partial charge on any atom is -0.281 e. The molecule has 0 saturated heterocycles. The Bertz CT molecular complexity index is 450. The fourth-order valence-corrected chi connectivity index (χ4v) is 1.29. The minimum atomic E-state index is -4.47. The van der Waals surface area contributed by atoms with Crippen LogP contribution in [0.1, 0.15) is 18.2 Å². The molecule has 0 aliphatic carbocycles. The number of hydrogen-bond donors (Lipinski definition) is 1. The van der Waals surface area contributed by atoms with Crippen LogP contribution in [0.15, 0.2) is 12.3 Å². The highest BCUT2D eigenvalue weighted by Gasteiger charge is 2.31. The largest absolute Gasteiger partial charge is 0.417 e. The molecule has 0 aromatic carbocycles. The average molecular weight is 282 g/mol.